The van der Waals surface area contributed by atoms with Gasteiger partial charge in [0, 0.05) is 30.6 Å². The molecule has 0 unspecified atom stereocenters. The van der Waals surface area contributed by atoms with Crippen LogP contribution in [-0.2, 0) is 11.3 Å². The number of nitrogens with zero attached hydrogens (tertiary/aromatic N) is 3. The molecule has 3 saturated heterocycles. The van der Waals surface area contributed by atoms with E-state index in [2.05, 4.69) is 20.2 Å². The molecule has 0 aliphatic carbocycles. The third-order valence-electron chi connectivity index (χ3n) is 5.37. The summed E-state index contributed by atoms with van der Waals surface area (Å²) in [4.78, 5) is 9.63. The van der Waals surface area contributed by atoms with Crippen molar-refractivity contribution in [3.05, 3.63) is 16.6 Å². The quantitative estimate of drug-likeness (QED) is 0.851. The second kappa shape index (κ2) is 6.32. The van der Waals surface area contributed by atoms with Crippen LogP contribution in [0.25, 0.3) is 0 Å². The maximum absolute atomic E-state index is 6.16. The van der Waals surface area contributed by atoms with Crippen molar-refractivity contribution >= 4 is 11.3 Å². The fourth-order valence-corrected chi connectivity index (χ4v) is 4.83. The Labute approximate surface area is 131 Å². The van der Waals surface area contributed by atoms with Crippen LogP contribution in [0.1, 0.15) is 24.3 Å². The van der Waals surface area contributed by atoms with Gasteiger partial charge in [0.1, 0.15) is 5.01 Å². The summed E-state index contributed by atoms with van der Waals surface area (Å²) in [5.41, 5.74) is 0. The van der Waals surface area contributed by atoms with Gasteiger partial charge in [-0.15, -0.1) is 11.3 Å². The first-order valence-electron chi connectivity index (χ1n) is 8.33. The Bertz CT molecular complexity index is 446. The summed E-state index contributed by atoms with van der Waals surface area (Å²) >= 11 is 1.78. The highest BCUT2D eigenvalue weighted by Crippen LogP contribution is 2.35. The molecule has 116 valence electrons. The van der Waals surface area contributed by atoms with Gasteiger partial charge in [-0.1, -0.05) is 0 Å². The van der Waals surface area contributed by atoms with Gasteiger partial charge in [-0.3, -0.25) is 4.90 Å². The van der Waals surface area contributed by atoms with Gasteiger partial charge in [0.05, 0.1) is 19.3 Å². The van der Waals surface area contributed by atoms with Crippen LogP contribution in [0.4, 0.5) is 0 Å². The molecule has 4 nitrogen and oxygen atoms in total. The lowest BCUT2D eigenvalue weighted by atomic mass is 9.84. The van der Waals surface area contributed by atoms with Crippen molar-refractivity contribution in [3.8, 4) is 0 Å². The maximum atomic E-state index is 6.16. The average molecular weight is 307 g/mol. The Morgan fingerprint density at radius 2 is 2.14 bits per heavy atom. The normalized spacial score (nSPS) is 34.4. The van der Waals surface area contributed by atoms with E-state index in [-0.39, 0.29) is 0 Å². The fourth-order valence-electron chi connectivity index (χ4n) is 4.17. The van der Waals surface area contributed by atoms with Crippen molar-refractivity contribution in [3.63, 3.8) is 0 Å². The fraction of sp³-hybridized carbons (Fsp3) is 0.812. The molecule has 4 heterocycles. The largest absolute Gasteiger partial charge is 0.376 e. The Morgan fingerprint density at radius 3 is 2.95 bits per heavy atom. The number of piperidine rings is 1. The molecular formula is C16H25N3OS. The average Bonchev–Trinajstić information content (AvgIpc) is 3.22. The van der Waals surface area contributed by atoms with Crippen molar-refractivity contribution in [1.29, 1.82) is 0 Å². The van der Waals surface area contributed by atoms with Crippen LogP contribution in [0, 0.1) is 11.8 Å². The van der Waals surface area contributed by atoms with E-state index in [4.69, 9.17) is 4.74 Å². The standard InChI is InChI=1S/C16H25N3OS/c1-2-6-18(5-1)10-15-14-9-19(7-3-13(14)12-20-15)11-16-17-4-8-21-16/h4,8,13-15H,1-3,5-7,9-12H2/t13-,14-,15+/m1/s1. The minimum Gasteiger partial charge on any atom is -0.376 e. The maximum Gasteiger partial charge on any atom is 0.107 e. The molecule has 1 aromatic rings. The predicted octanol–water partition coefficient (Wildman–Crippen LogP) is 2.08. The van der Waals surface area contributed by atoms with Crippen LogP contribution in [0.15, 0.2) is 11.6 Å². The summed E-state index contributed by atoms with van der Waals surface area (Å²) in [6, 6.07) is 0. The van der Waals surface area contributed by atoms with Crippen molar-refractivity contribution in [1.82, 2.24) is 14.8 Å². The van der Waals surface area contributed by atoms with E-state index in [1.165, 1.54) is 50.4 Å². The highest BCUT2D eigenvalue weighted by Gasteiger charge is 2.41. The molecule has 21 heavy (non-hydrogen) atoms. The predicted molar refractivity (Wildman–Crippen MR) is 84.4 cm³/mol. The van der Waals surface area contributed by atoms with E-state index in [1.54, 1.807) is 11.3 Å². The number of hydrogen-bond donors (Lipinski definition) is 0. The minimum atomic E-state index is 0.465. The van der Waals surface area contributed by atoms with E-state index >= 15 is 0 Å². The van der Waals surface area contributed by atoms with E-state index in [1.807, 2.05) is 6.20 Å². The number of ether oxygens (including phenoxy) is 1. The third-order valence-corrected chi connectivity index (χ3v) is 6.14. The number of hydrogen-bond acceptors (Lipinski definition) is 5. The first-order chi connectivity index (χ1) is 10.4. The zero-order valence-electron chi connectivity index (χ0n) is 12.6. The molecule has 0 N–H and O–H groups in total. The number of thiazole rings is 1. The molecule has 0 radical (unpaired) electrons. The summed E-state index contributed by atoms with van der Waals surface area (Å²) in [5.74, 6) is 1.53. The summed E-state index contributed by atoms with van der Waals surface area (Å²) in [6.07, 6.45) is 6.43. The summed E-state index contributed by atoms with van der Waals surface area (Å²) < 4.78 is 6.16. The highest BCUT2D eigenvalue weighted by molar-refractivity contribution is 7.09. The van der Waals surface area contributed by atoms with Crippen LogP contribution < -0.4 is 0 Å². The lowest BCUT2D eigenvalue weighted by Crippen LogP contribution is -2.44. The van der Waals surface area contributed by atoms with Gasteiger partial charge >= 0.3 is 0 Å². The lowest BCUT2D eigenvalue weighted by Gasteiger charge is -2.36. The van der Waals surface area contributed by atoms with Gasteiger partial charge in [0.25, 0.3) is 0 Å². The van der Waals surface area contributed by atoms with Crippen LogP contribution in [-0.4, -0.2) is 60.2 Å². The van der Waals surface area contributed by atoms with Crippen LogP contribution in [0.3, 0.4) is 0 Å². The van der Waals surface area contributed by atoms with Crippen molar-refractivity contribution in [2.24, 2.45) is 11.8 Å². The summed E-state index contributed by atoms with van der Waals surface area (Å²) in [6.45, 7) is 8.14. The Morgan fingerprint density at radius 1 is 1.24 bits per heavy atom. The van der Waals surface area contributed by atoms with Crippen LogP contribution in [0.2, 0.25) is 0 Å². The van der Waals surface area contributed by atoms with Gasteiger partial charge in [0.2, 0.25) is 0 Å². The molecule has 0 spiro atoms. The molecule has 1 aromatic heterocycles. The SMILES string of the molecule is c1csc(CN2CC[C@@H]3CO[C@@H](CN4CCCC4)[C@@H]3C2)n1. The monoisotopic (exact) mass is 307 g/mol. The van der Waals surface area contributed by atoms with Gasteiger partial charge in [-0.25, -0.2) is 4.98 Å². The summed E-state index contributed by atoms with van der Waals surface area (Å²) in [7, 11) is 0. The van der Waals surface area contributed by atoms with Crippen LogP contribution >= 0.6 is 11.3 Å². The van der Waals surface area contributed by atoms with Gasteiger partial charge < -0.3 is 9.64 Å². The van der Waals surface area contributed by atoms with Gasteiger partial charge in [-0.05, 0) is 44.8 Å². The molecule has 3 aliphatic rings. The van der Waals surface area contributed by atoms with Gasteiger partial charge in [0.15, 0.2) is 0 Å². The first-order valence-corrected chi connectivity index (χ1v) is 9.21. The zero-order chi connectivity index (χ0) is 14.1. The topological polar surface area (TPSA) is 28.6 Å². The molecule has 0 bridgehead atoms. The highest BCUT2D eigenvalue weighted by atomic mass is 32.1. The Hall–Kier alpha value is -0.490. The van der Waals surface area contributed by atoms with Crippen molar-refractivity contribution < 1.29 is 4.74 Å². The molecule has 0 saturated carbocycles. The number of rotatable bonds is 4. The number of aromatic nitrogens is 1. The smallest absolute Gasteiger partial charge is 0.107 e. The van der Waals surface area contributed by atoms with Gasteiger partial charge in [-0.2, -0.15) is 0 Å². The van der Waals surface area contributed by atoms with Crippen molar-refractivity contribution in [2.75, 3.05) is 39.3 Å². The minimum absolute atomic E-state index is 0.465. The van der Waals surface area contributed by atoms with E-state index < -0.39 is 0 Å². The van der Waals surface area contributed by atoms with E-state index in [0.29, 0.717) is 6.10 Å². The molecule has 0 amide bonds. The number of likely N-dealkylation sites (tertiary alicyclic amines) is 2. The Kier molecular flexibility index (Phi) is 4.25. The molecule has 3 fully saturated rings. The van der Waals surface area contributed by atoms with Crippen LogP contribution in [0.5, 0.6) is 0 Å². The van der Waals surface area contributed by atoms with E-state index in [9.17, 15) is 0 Å². The molecule has 4 rings (SSSR count). The first kappa shape index (κ1) is 14.1. The molecule has 3 aliphatic heterocycles. The molecular weight excluding hydrogens is 282 g/mol. The third kappa shape index (κ3) is 3.16. The molecule has 5 heteroatoms. The van der Waals surface area contributed by atoms with Crippen molar-refractivity contribution in [2.45, 2.75) is 31.9 Å². The lowest BCUT2D eigenvalue weighted by molar-refractivity contribution is 0.0484. The zero-order valence-corrected chi connectivity index (χ0v) is 13.4. The molecule has 0 aromatic carbocycles. The van der Waals surface area contributed by atoms with E-state index in [0.717, 1.165) is 31.5 Å². The molecule has 3 atom stereocenters. The summed E-state index contributed by atoms with van der Waals surface area (Å²) in [5, 5.41) is 3.33. The number of fused-ring (bicyclic) bond motifs is 1. The Balaban J connectivity index is 1.36. The second-order valence-electron chi connectivity index (χ2n) is 6.75. The second-order valence-corrected chi connectivity index (χ2v) is 7.73.